The van der Waals surface area contributed by atoms with Gasteiger partial charge in [-0.15, -0.1) is 0 Å². The molecule has 33 heavy (non-hydrogen) atoms. The van der Waals surface area contributed by atoms with Gasteiger partial charge in [-0.2, -0.15) is 0 Å². The number of aryl methyl sites for hydroxylation is 1. The van der Waals surface area contributed by atoms with Crippen molar-refractivity contribution < 1.29 is 23.5 Å². The van der Waals surface area contributed by atoms with Crippen LogP contribution >= 0.6 is 0 Å². The lowest BCUT2D eigenvalue weighted by Gasteiger charge is -2.39. The number of halogens is 1. The molecule has 1 N–H and O–H groups in total. The Balaban J connectivity index is 1.78. The van der Waals surface area contributed by atoms with E-state index in [9.17, 15) is 18.8 Å². The SMILES string of the molecule is COc1cccc(N2C(=O)NC(=O)C(CCc3ccccn3)(Cc3ccccc3F)C2=O)c1. The van der Waals surface area contributed by atoms with Gasteiger partial charge in [0, 0.05) is 18.0 Å². The van der Waals surface area contributed by atoms with Crippen molar-refractivity contribution in [2.24, 2.45) is 5.41 Å². The number of amides is 4. The molecule has 0 aliphatic carbocycles. The number of rotatable bonds is 7. The van der Waals surface area contributed by atoms with Gasteiger partial charge in [-0.1, -0.05) is 30.3 Å². The van der Waals surface area contributed by atoms with Crippen LogP contribution in [-0.2, 0) is 22.4 Å². The summed E-state index contributed by atoms with van der Waals surface area (Å²) in [5.74, 6) is -1.56. The minimum Gasteiger partial charge on any atom is -0.497 e. The van der Waals surface area contributed by atoms with Crippen LogP contribution in [0.15, 0.2) is 72.9 Å². The monoisotopic (exact) mass is 447 g/mol. The van der Waals surface area contributed by atoms with E-state index < -0.39 is 29.1 Å². The summed E-state index contributed by atoms with van der Waals surface area (Å²) in [5.41, 5.74) is -0.575. The van der Waals surface area contributed by atoms with Crippen LogP contribution in [0.2, 0.25) is 0 Å². The maximum absolute atomic E-state index is 14.6. The summed E-state index contributed by atoms with van der Waals surface area (Å²) in [6.07, 6.45) is 1.74. The number of barbiturate groups is 1. The first-order valence-electron chi connectivity index (χ1n) is 10.4. The van der Waals surface area contributed by atoms with Crippen LogP contribution in [0, 0.1) is 11.2 Å². The molecule has 1 atom stereocenters. The zero-order valence-electron chi connectivity index (χ0n) is 18.0. The Kier molecular flexibility index (Phi) is 6.17. The Morgan fingerprint density at radius 3 is 2.55 bits per heavy atom. The molecule has 8 heteroatoms. The zero-order chi connectivity index (χ0) is 23.4. The van der Waals surface area contributed by atoms with Gasteiger partial charge >= 0.3 is 6.03 Å². The van der Waals surface area contributed by atoms with Gasteiger partial charge in [0.1, 0.15) is 17.0 Å². The molecule has 168 valence electrons. The van der Waals surface area contributed by atoms with Gasteiger partial charge in [0.15, 0.2) is 0 Å². The second-order valence-corrected chi connectivity index (χ2v) is 7.77. The lowest BCUT2D eigenvalue weighted by atomic mass is 9.74. The first kappa shape index (κ1) is 22.1. The highest BCUT2D eigenvalue weighted by molar-refractivity contribution is 6.30. The van der Waals surface area contributed by atoms with E-state index in [0.717, 1.165) is 4.90 Å². The molecule has 2 heterocycles. The Morgan fingerprint density at radius 1 is 1.03 bits per heavy atom. The fourth-order valence-corrected chi connectivity index (χ4v) is 3.98. The lowest BCUT2D eigenvalue weighted by Crippen LogP contribution is -2.65. The van der Waals surface area contributed by atoms with E-state index >= 15 is 0 Å². The van der Waals surface area contributed by atoms with Gasteiger partial charge in [-0.25, -0.2) is 14.1 Å². The number of methoxy groups -OCH3 is 1. The summed E-state index contributed by atoms with van der Waals surface area (Å²) >= 11 is 0. The Labute approximate surface area is 190 Å². The molecule has 1 saturated heterocycles. The van der Waals surface area contributed by atoms with Crippen LogP contribution in [-0.4, -0.2) is 29.9 Å². The summed E-state index contributed by atoms with van der Waals surface area (Å²) in [6, 6.07) is 16.9. The van der Waals surface area contributed by atoms with Crippen molar-refractivity contribution >= 4 is 23.5 Å². The Bertz CT molecular complexity index is 1200. The minimum atomic E-state index is -1.71. The second-order valence-electron chi connectivity index (χ2n) is 7.77. The molecule has 0 radical (unpaired) electrons. The fraction of sp³-hybridized carbons (Fsp3) is 0.200. The number of urea groups is 1. The van der Waals surface area contributed by atoms with Gasteiger partial charge in [-0.3, -0.25) is 19.9 Å². The van der Waals surface area contributed by atoms with E-state index in [0.29, 0.717) is 11.4 Å². The van der Waals surface area contributed by atoms with Crippen molar-refractivity contribution in [3.63, 3.8) is 0 Å². The molecule has 0 saturated carbocycles. The smallest absolute Gasteiger partial charge is 0.335 e. The summed E-state index contributed by atoms with van der Waals surface area (Å²) < 4.78 is 19.8. The molecule has 0 spiro atoms. The molecule has 1 unspecified atom stereocenters. The lowest BCUT2D eigenvalue weighted by molar-refractivity contribution is -0.143. The van der Waals surface area contributed by atoms with E-state index in [1.807, 2.05) is 0 Å². The molecule has 0 bridgehead atoms. The molecule has 1 aliphatic heterocycles. The highest BCUT2D eigenvalue weighted by Crippen LogP contribution is 2.37. The summed E-state index contributed by atoms with van der Waals surface area (Å²) in [5, 5.41) is 2.31. The third-order valence-corrected chi connectivity index (χ3v) is 5.77. The number of nitrogens with zero attached hydrogens (tertiary/aromatic N) is 2. The topological polar surface area (TPSA) is 88.6 Å². The normalized spacial score (nSPS) is 18.2. The quantitative estimate of drug-likeness (QED) is 0.559. The van der Waals surface area contributed by atoms with Crippen LogP contribution < -0.4 is 15.0 Å². The van der Waals surface area contributed by atoms with Gasteiger partial charge in [0.2, 0.25) is 5.91 Å². The number of aromatic nitrogens is 1. The molecular weight excluding hydrogens is 425 g/mol. The largest absolute Gasteiger partial charge is 0.497 e. The van der Waals surface area contributed by atoms with E-state index in [4.69, 9.17) is 4.74 Å². The number of pyridine rings is 1. The minimum absolute atomic E-state index is 0.0385. The number of benzene rings is 2. The number of ether oxygens (including phenoxy) is 1. The molecule has 1 aromatic heterocycles. The van der Waals surface area contributed by atoms with Crippen LogP contribution in [0.5, 0.6) is 5.75 Å². The van der Waals surface area contributed by atoms with Gasteiger partial charge in [-0.05, 0) is 55.2 Å². The predicted molar refractivity (Wildman–Crippen MR) is 119 cm³/mol. The van der Waals surface area contributed by atoms with Crippen LogP contribution in [0.3, 0.4) is 0 Å². The number of hydrogen-bond acceptors (Lipinski definition) is 5. The van der Waals surface area contributed by atoms with Crippen LogP contribution in [0.25, 0.3) is 0 Å². The maximum Gasteiger partial charge on any atom is 0.335 e. The van der Waals surface area contributed by atoms with E-state index in [1.165, 1.54) is 31.4 Å². The number of carbonyl (C=O) groups excluding carboxylic acids is 3. The van der Waals surface area contributed by atoms with E-state index in [-0.39, 0.29) is 30.5 Å². The molecule has 4 amide bonds. The molecule has 1 fully saturated rings. The average Bonchev–Trinajstić information content (AvgIpc) is 2.83. The molecule has 3 aromatic rings. The first-order chi connectivity index (χ1) is 15.9. The number of nitrogens with one attached hydrogen (secondary N) is 1. The Hall–Kier alpha value is -4.07. The second kappa shape index (κ2) is 9.20. The van der Waals surface area contributed by atoms with Crippen molar-refractivity contribution in [1.82, 2.24) is 10.3 Å². The van der Waals surface area contributed by atoms with Crippen LogP contribution in [0.4, 0.5) is 14.9 Å². The van der Waals surface area contributed by atoms with Crippen LogP contribution in [0.1, 0.15) is 17.7 Å². The molecular formula is C25H22FN3O4. The number of imide groups is 2. The van der Waals surface area contributed by atoms with Crippen molar-refractivity contribution in [3.05, 3.63) is 90.0 Å². The third kappa shape index (κ3) is 4.32. The van der Waals surface area contributed by atoms with Crippen molar-refractivity contribution in [3.8, 4) is 5.75 Å². The van der Waals surface area contributed by atoms with Crippen molar-refractivity contribution in [2.75, 3.05) is 12.0 Å². The van der Waals surface area contributed by atoms with Gasteiger partial charge in [0.25, 0.3) is 5.91 Å². The summed E-state index contributed by atoms with van der Waals surface area (Å²) in [6.45, 7) is 0. The molecule has 7 nitrogen and oxygen atoms in total. The van der Waals surface area contributed by atoms with Crippen molar-refractivity contribution in [2.45, 2.75) is 19.3 Å². The van der Waals surface area contributed by atoms with E-state index in [2.05, 4.69) is 10.3 Å². The average molecular weight is 447 g/mol. The van der Waals surface area contributed by atoms with Crippen molar-refractivity contribution in [1.29, 1.82) is 0 Å². The zero-order valence-corrected chi connectivity index (χ0v) is 18.0. The Morgan fingerprint density at radius 2 is 1.82 bits per heavy atom. The summed E-state index contributed by atoms with van der Waals surface area (Å²) in [4.78, 5) is 45.0. The maximum atomic E-state index is 14.6. The molecule has 4 rings (SSSR count). The predicted octanol–water partition coefficient (Wildman–Crippen LogP) is 3.67. The fourth-order valence-electron chi connectivity index (χ4n) is 3.98. The molecule has 2 aromatic carbocycles. The van der Waals surface area contributed by atoms with Gasteiger partial charge in [0.05, 0.1) is 12.8 Å². The van der Waals surface area contributed by atoms with Gasteiger partial charge < -0.3 is 4.74 Å². The standard InChI is InChI=1S/C25H22FN3O4/c1-33-20-10-6-9-19(15-20)29-23(31)25(22(30)28-24(29)32,13-12-18-8-4-5-14-27-18)16-17-7-2-3-11-21(17)26/h2-11,14-15H,12-13,16H2,1H3,(H,28,30,32). The number of anilines is 1. The third-order valence-electron chi connectivity index (χ3n) is 5.77. The highest BCUT2D eigenvalue weighted by Gasteiger charge is 2.54. The first-order valence-corrected chi connectivity index (χ1v) is 10.4. The van der Waals surface area contributed by atoms with E-state index in [1.54, 1.807) is 48.7 Å². The number of hydrogen-bond donors (Lipinski definition) is 1. The molecule has 1 aliphatic rings. The summed E-state index contributed by atoms with van der Waals surface area (Å²) in [7, 11) is 1.47. The number of carbonyl (C=O) groups is 3. The highest BCUT2D eigenvalue weighted by atomic mass is 19.1.